The maximum absolute atomic E-state index is 9.12. The highest BCUT2D eigenvalue weighted by Crippen LogP contribution is 2.28. The van der Waals surface area contributed by atoms with Crippen LogP contribution in [0.4, 0.5) is 0 Å². The number of benzene rings is 1. The Labute approximate surface area is 112 Å². The summed E-state index contributed by atoms with van der Waals surface area (Å²) in [5.74, 6) is 1.31. The number of aliphatic hydroxyl groups excluding tert-OH is 1. The van der Waals surface area contributed by atoms with E-state index >= 15 is 0 Å². The molecule has 0 bridgehead atoms. The molecule has 0 fully saturated rings. The summed E-state index contributed by atoms with van der Waals surface area (Å²) in [6, 6.07) is 11.2. The predicted octanol–water partition coefficient (Wildman–Crippen LogP) is 2.20. The highest BCUT2D eigenvalue weighted by molar-refractivity contribution is 5.42. The predicted molar refractivity (Wildman–Crippen MR) is 72.4 cm³/mol. The lowest BCUT2D eigenvalue weighted by Crippen LogP contribution is -2.04. The molecule has 1 N–H and O–H groups in total. The summed E-state index contributed by atoms with van der Waals surface area (Å²) in [4.78, 5) is 4.23. The number of hydrogen-bond donors (Lipinski definition) is 1. The SMILES string of the molecule is COc1ccc(CO)cc1OCCc1ccccn1. The van der Waals surface area contributed by atoms with Crippen molar-refractivity contribution in [1.29, 1.82) is 0 Å². The summed E-state index contributed by atoms with van der Waals surface area (Å²) in [5.41, 5.74) is 1.79. The molecule has 0 amide bonds. The number of nitrogens with zero attached hydrogens (tertiary/aromatic N) is 1. The summed E-state index contributed by atoms with van der Waals surface area (Å²) in [5, 5.41) is 9.12. The van der Waals surface area contributed by atoms with Crippen molar-refractivity contribution in [2.45, 2.75) is 13.0 Å². The van der Waals surface area contributed by atoms with Crippen molar-refractivity contribution in [2.24, 2.45) is 0 Å². The highest BCUT2D eigenvalue weighted by atomic mass is 16.5. The van der Waals surface area contributed by atoms with Gasteiger partial charge in [0.1, 0.15) is 0 Å². The van der Waals surface area contributed by atoms with Gasteiger partial charge in [-0.15, -0.1) is 0 Å². The molecule has 0 atom stereocenters. The summed E-state index contributed by atoms with van der Waals surface area (Å²) in [6.45, 7) is 0.503. The van der Waals surface area contributed by atoms with Crippen molar-refractivity contribution in [2.75, 3.05) is 13.7 Å². The van der Waals surface area contributed by atoms with Gasteiger partial charge >= 0.3 is 0 Å². The largest absolute Gasteiger partial charge is 0.493 e. The lowest BCUT2D eigenvalue weighted by Gasteiger charge is -2.11. The molecule has 0 spiro atoms. The minimum absolute atomic E-state index is 0.0133. The first-order valence-electron chi connectivity index (χ1n) is 6.14. The van der Waals surface area contributed by atoms with E-state index in [0.29, 0.717) is 18.1 Å². The Bertz CT molecular complexity index is 514. The Morgan fingerprint density at radius 3 is 2.74 bits per heavy atom. The maximum Gasteiger partial charge on any atom is 0.161 e. The molecule has 1 aromatic heterocycles. The van der Waals surface area contributed by atoms with Crippen LogP contribution in [0, 0.1) is 0 Å². The quantitative estimate of drug-likeness (QED) is 0.864. The molecule has 0 unspecified atom stereocenters. The van der Waals surface area contributed by atoms with Crippen LogP contribution in [-0.2, 0) is 13.0 Å². The van der Waals surface area contributed by atoms with Crippen LogP contribution in [0.25, 0.3) is 0 Å². The molecule has 1 heterocycles. The van der Waals surface area contributed by atoms with Crippen LogP contribution in [0.5, 0.6) is 11.5 Å². The zero-order valence-electron chi connectivity index (χ0n) is 10.9. The minimum atomic E-state index is -0.0133. The Morgan fingerprint density at radius 2 is 2.05 bits per heavy atom. The molecule has 4 heteroatoms. The third-order valence-corrected chi connectivity index (χ3v) is 2.75. The van der Waals surface area contributed by atoms with Crippen molar-refractivity contribution in [1.82, 2.24) is 4.98 Å². The van der Waals surface area contributed by atoms with Gasteiger partial charge in [0.15, 0.2) is 11.5 Å². The molecule has 0 aliphatic heterocycles. The molecular weight excluding hydrogens is 242 g/mol. The van der Waals surface area contributed by atoms with Gasteiger partial charge in [-0.3, -0.25) is 4.98 Å². The molecule has 100 valence electrons. The number of hydrogen-bond acceptors (Lipinski definition) is 4. The van der Waals surface area contributed by atoms with Crippen molar-refractivity contribution < 1.29 is 14.6 Å². The Hall–Kier alpha value is -2.07. The summed E-state index contributed by atoms with van der Waals surface area (Å²) < 4.78 is 10.9. The summed E-state index contributed by atoms with van der Waals surface area (Å²) in [7, 11) is 1.60. The second-order valence-electron chi connectivity index (χ2n) is 4.06. The molecule has 4 nitrogen and oxygen atoms in total. The Kier molecular flexibility index (Phi) is 4.75. The summed E-state index contributed by atoms with van der Waals surface area (Å²) in [6.07, 6.45) is 2.50. The van der Waals surface area contributed by atoms with Gasteiger partial charge in [0, 0.05) is 18.3 Å². The molecule has 2 aromatic rings. The number of rotatable bonds is 6. The number of aliphatic hydroxyl groups is 1. The third-order valence-electron chi connectivity index (χ3n) is 2.75. The van der Waals surface area contributed by atoms with E-state index in [0.717, 1.165) is 17.7 Å². The first-order valence-corrected chi connectivity index (χ1v) is 6.14. The van der Waals surface area contributed by atoms with Gasteiger partial charge in [-0.1, -0.05) is 12.1 Å². The maximum atomic E-state index is 9.12. The van der Waals surface area contributed by atoms with Crippen LogP contribution < -0.4 is 9.47 Å². The molecule has 0 aliphatic rings. The van der Waals surface area contributed by atoms with Gasteiger partial charge in [-0.25, -0.2) is 0 Å². The van der Waals surface area contributed by atoms with Crippen molar-refractivity contribution in [3.63, 3.8) is 0 Å². The number of methoxy groups -OCH3 is 1. The second-order valence-corrected chi connectivity index (χ2v) is 4.06. The van der Waals surface area contributed by atoms with E-state index in [1.807, 2.05) is 24.3 Å². The first kappa shape index (κ1) is 13.4. The second kappa shape index (κ2) is 6.75. The zero-order valence-corrected chi connectivity index (χ0v) is 10.9. The Morgan fingerprint density at radius 1 is 1.16 bits per heavy atom. The molecular formula is C15H17NO3. The molecule has 0 aliphatic carbocycles. The molecule has 0 saturated carbocycles. The van der Waals surface area contributed by atoms with Crippen LogP contribution in [0.1, 0.15) is 11.3 Å². The van der Waals surface area contributed by atoms with Gasteiger partial charge in [0.25, 0.3) is 0 Å². The smallest absolute Gasteiger partial charge is 0.161 e. The third kappa shape index (κ3) is 3.69. The summed E-state index contributed by atoms with van der Waals surface area (Å²) >= 11 is 0. The molecule has 1 aromatic carbocycles. The van der Waals surface area contributed by atoms with Gasteiger partial charge in [-0.05, 0) is 29.8 Å². The van der Waals surface area contributed by atoms with Crippen LogP contribution in [0.3, 0.4) is 0 Å². The Balaban J connectivity index is 1.98. The fourth-order valence-electron chi connectivity index (χ4n) is 1.74. The van der Waals surface area contributed by atoms with Crippen molar-refractivity contribution >= 4 is 0 Å². The van der Waals surface area contributed by atoms with Crippen LogP contribution in [0.15, 0.2) is 42.6 Å². The highest BCUT2D eigenvalue weighted by Gasteiger charge is 2.05. The monoisotopic (exact) mass is 259 g/mol. The van der Waals surface area contributed by atoms with E-state index in [-0.39, 0.29) is 6.61 Å². The average Bonchev–Trinajstić information content (AvgIpc) is 2.48. The average molecular weight is 259 g/mol. The minimum Gasteiger partial charge on any atom is -0.493 e. The molecule has 19 heavy (non-hydrogen) atoms. The first-order chi connectivity index (χ1) is 9.33. The van der Waals surface area contributed by atoms with Gasteiger partial charge < -0.3 is 14.6 Å². The van der Waals surface area contributed by atoms with Crippen molar-refractivity contribution in [3.8, 4) is 11.5 Å². The van der Waals surface area contributed by atoms with Crippen LogP contribution in [-0.4, -0.2) is 23.8 Å². The van der Waals surface area contributed by atoms with Crippen LogP contribution in [0.2, 0.25) is 0 Å². The molecule has 0 radical (unpaired) electrons. The van der Waals surface area contributed by atoms with E-state index in [4.69, 9.17) is 14.6 Å². The van der Waals surface area contributed by atoms with E-state index in [2.05, 4.69) is 4.98 Å². The van der Waals surface area contributed by atoms with Crippen LogP contribution >= 0.6 is 0 Å². The zero-order chi connectivity index (χ0) is 13.5. The number of aromatic nitrogens is 1. The topological polar surface area (TPSA) is 51.6 Å². The lowest BCUT2D eigenvalue weighted by molar-refractivity contribution is 0.275. The van der Waals surface area contributed by atoms with E-state index < -0.39 is 0 Å². The van der Waals surface area contributed by atoms with E-state index in [9.17, 15) is 0 Å². The van der Waals surface area contributed by atoms with E-state index in [1.54, 1.807) is 25.4 Å². The molecule has 2 rings (SSSR count). The van der Waals surface area contributed by atoms with E-state index in [1.165, 1.54) is 0 Å². The van der Waals surface area contributed by atoms with Gasteiger partial charge in [0.05, 0.1) is 20.3 Å². The fraction of sp³-hybridized carbons (Fsp3) is 0.267. The normalized spacial score (nSPS) is 10.2. The molecule has 0 saturated heterocycles. The number of pyridine rings is 1. The van der Waals surface area contributed by atoms with Gasteiger partial charge in [-0.2, -0.15) is 0 Å². The fourth-order valence-corrected chi connectivity index (χ4v) is 1.74. The number of ether oxygens (including phenoxy) is 2. The lowest BCUT2D eigenvalue weighted by atomic mass is 10.2. The standard InChI is InChI=1S/C15H17NO3/c1-18-14-6-5-12(11-17)10-15(14)19-9-7-13-4-2-3-8-16-13/h2-6,8,10,17H,7,9,11H2,1H3. The van der Waals surface area contributed by atoms with Crippen molar-refractivity contribution in [3.05, 3.63) is 53.9 Å². The van der Waals surface area contributed by atoms with Gasteiger partial charge in [0.2, 0.25) is 0 Å².